The molecule has 0 amide bonds. The zero-order valence-corrected chi connectivity index (χ0v) is 12.9. The van der Waals surface area contributed by atoms with E-state index in [-0.39, 0.29) is 5.02 Å². The third-order valence-electron chi connectivity index (χ3n) is 2.75. The molecule has 7 heteroatoms. The summed E-state index contributed by atoms with van der Waals surface area (Å²) in [6.07, 6.45) is -4.50. The van der Waals surface area contributed by atoms with Crippen molar-refractivity contribution in [3.63, 3.8) is 0 Å². The van der Waals surface area contributed by atoms with Crippen molar-refractivity contribution in [2.75, 3.05) is 7.11 Å². The Kier molecular flexibility index (Phi) is 5.03. The van der Waals surface area contributed by atoms with E-state index in [9.17, 15) is 18.0 Å². The third-order valence-corrected chi connectivity index (χ3v) is 4.08. The molecule has 22 heavy (non-hydrogen) atoms. The zero-order chi connectivity index (χ0) is 16.3. The Balaban J connectivity index is 2.22. The monoisotopic (exact) mass is 346 g/mol. The number of carbonyl (C=O) groups excluding carboxylic acids is 1. The second-order valence-electron chi connectivity index (χ2n) is 4.26. The van der Waals surface area contributed by atoms with E-state index in [1.54, 1.807) is 24.3 Å². The first kappa shape index (κ1) is 16.7. The topological polar surface area (TPSA) is 26.3 Å². The van der Waals surface area contributed by atoms with E-state index in [1.165, 1.54) is 19.2 Å². The van der Waals surface area contributed by atoms with Gasteiger partial charge in [0.2, 0.25) is 0 Å². The largest absolute Gasteiger partial charge is 0.465 e. The highest BCUT2D eigenvalue weighted by Gasteiger charge is 2.33. The number of rotatable bonds is 3. The predicted molar refractivity (Wildman–Crippen MR) is 78.4 cm³/mol. The quantitative estimate of drug-likeness (QED) is 0.706. The number of ether oxygens (including phenoxy) is 1. The number of benzene rings is 2. The van der Waals surface area contributed by atoms with E-state index in [0.717, 1.165) is 17.8 Å². The van der Waals surface area contributed by atoms with Crippen LogP contribution in [0.3, 0.4) is 0 Å². The van der Waals surface area contributed by atoms with Crippen LogP contribution in [0.4, 0.5) is 13.2 Å². The SMILES string of the molecule is COC(=O)c1ccc(Sc2ccc(Cl)c(C(F)(F)F)c2)cc1. The van der Waals surface area contributed by atoms with Crippen LogP contribution in [-0.2, 0) is 10.9 Å². The molecule has 0 aliphatic rings. The molecule has 2 rings (SSSR count). The average Bonchev–Trinajstić information content (AvgIpc) is 2.48. The highest BCUT2D eigenvalue weighted by atomic mass is 35.5. The smallest absolute Gasteiger partial charge is 0.417 e. The fraction of sp³-hybridized carbons (Fsp3) is 0.133. The summed E-state index contributed by atoms with van der Waals surface area (Å²) in [6.45, 7) is 0. The van der Waals surface area contributed by atoms with Gasteiger partial charge in [-0.05, 0) is 42.5 Å². The van der Waals surface area contributed by atoms with Crippen LogP contribution in [0.2, 0.25) is 5.02 Å². The van der Waals surface area contributed by atoms with E-state index in [4.69, 9.17) is 11.6 Å². The van der Waals surface area contributed by atoms with E-state index in [0.29, 0.717) is 15.4 Å². The standard InChI is InChI=1S/C15H10ClF3O2S/c1-21-14(20)9-2-4-10(5-3-9)22-11-6-7-13(16)12(8-11)15(17,18)19/h2-8H,1H3. The molecule has 0 bridgehead atoms. The van der Waals surface area contributed by atoms with Gasteiger partial charge < -0.3 is 4.74 Å². The van der Waals surface area contributed by atoms with Crippen LogP contribution in [-0.4, -0.2) is 13.1 Å². The van der Waals surface area contributed by atoms with Gasteiger partial charge in [-0.25, -0.2) is 4.79 Å². The first-order valence-electron chi connectivity index (χ1n) is 6.04. The number of methoxy groups -OCH3 is 1. The Morgan fingerprint density at radius 3 is 2.23 bits per heavy atom. The summed E-state index contributed by atoms with van der Waals surface area (Å²) in [7, 11) is 1.28. The fourth-order valence-corrected chi connectivity index (χ4v) is 2.78. The molecular weight excluding hydrogens is 337 g/mol. The molecule has 0 aliphatic carbocycles. The highest BCUT2D eigenvalue weighted by Crippen LogP contribution is 2.38. The molecule has 0 spiro atoms. The molecule has 2 aromatic carbocycles. The molecule has 0 unspecified atom stereocenters. The summed E-state index contributed by atoms with van der Waals surface area (Å²) in [5.41, 5.74) is -0.496. The molecule has 0 N–H and O–H groups in total. The normalized spacial score (nSPS) is 11.3. The van der Waals surface area contributed by atoms with Crippen molar-refractivity contribution in [2.24, 2.45) is 0 Å². The van der Waals surface area contributed by atoms with Gasteiger partial charge in [0, 0.05) is 9.79 Å². The summed E-state index contributed by atoms with van der Waals surface area (Å²) >= 11 is 6.72. The minimum absolute atomic E-state index is 0.335. The van der Waals surface area contributed by atoms with Crippen LogP contribution in [0, 0.1) is 0 Å². The van der Waals surface area contributed by atoms with E-state index in [1.807, 2.05) is 0 Å². The molecule has 0 aliphatic heterocycles. The van der Waals surface area contributed by atoms with Crippen LogP contribution < -0.4 is 0 Å². The van der Waals surface area contributed by atoms with Crippen molar-refractivity contribution < 1.29 is 22.7 Å². The maximum Gasteiger partial charge on any atom is 0.417 e. The van der Waals surface area contributed by atoms with Crippen LogP contribution in [0.25, 0.3) is 0 Å². The Hall–Kier alpha value is -1.66. The number of halogens is 4. The van der Waals surface area contributed by atoms with Gasteiger partial charge in [-0.1, -0.05) is 23.4 Å². The van der Waals surface area contributed by atoms with Gasteiger partial charge in [-0.15, -0.1) is 0 Å². The minimum Gasteiger partial charge on any atom is -0.465 e. The van der Waals surface area contributed by atoms with Crippen LogP contribution in [0.1, 0.15) is 15.9 Å². The van der Waals surface area contributed by atoms with Crippen LogP contribution >= 0.6 is 23.4 Å². The lowest BCUT2D eigenvalue weighted by atomic mass is 10.2. The number of hydrogen-bond donors (Lipinski definition) is 0. The van der Waals surface area contributed by atoms with Gasteiger partial charge in [0.05, 0.1) is 23.3 Å². The Bertz CT molecular complexity index is 684. The first-order chi connectivity index (χ1) is 10.3. The van der Waals surface area contributed by atoms with Gasteiger partial charge in [-0.3, -0.25) is 0 Å². The highest BCUT2D eigenvalue weighted by molar-refractivity contribution is 7.99. The van der Waals surface area contributed by atoms with Crippen LogP contribution in [0.5, 0.6) is 0 Å². The van der Waals surface area contributed by atoms with E-state index >= 15 is 0 Å². The molecule has 2 aromatic rings. The second kappa shape index (κ2) is 6.62. The predicted octanol–water partition coefficient (Wildman–Crippen LogP) is 5.30. The molecule has 0 heterocycles. The Morgan fingerprint density at radius 2 is 1.68 bits per heavy atom. The number of hydrogen-bond acceptors (Lipinski definition) is 3. The van der Waals surface area contributed by atoms with Crippen molar-refractivity contribution in [3.8, 4) is 0 Å². The average molecular weight is 347 g/mol. The summed E-state index contributed by atoms with van der Waals surface area (Å²) in [6, 6.07) is 10.1. The third kappa shape index (κ3) is 3.96. The molecule has 0 atom stereocenters. The summed E-state index contributed by atoms with van der Waals surface area (Å²) in [4.78, 5) is 12.4. The molecule has 0 saturated carbocycles. The molecule has 0 fully saturated rings. The molecule has 0 radical (unpaired) electrons. The van der Waals surface area contributed by atoms with Crippen molar-refractivity contribution in [3.05, 3.63) is 58.6 Å². The maximum atomic E-state index is 12.8. The Labute approximate surface area is 134 Å². The van der Waals surface area contributed by atoms with Gasteiger partial charge in [0.15, 0.2) is 0 Å². The lowest BCUT2D eigenvalue weighted by Crippen LogP contribution is -2.05. The lowest BCUT2D eigenvalue weighted by Gasteiger charge is -2.10. The summed E-state index contributed by atoms with van der Waals surface area (Å²) in [5, 5.41) is -0.335. The molecular formula is C15H10ClF3O2S. The second-order valence-corrected chi connectivity index (χ2v) is 5.81. The fourth-order valence-electron chi connectivity index (χ4n) is 1.70. The summed E-state index contributed by atoms with van der Waals surface area (Å²) in [5.74, 6) is -0.470. The maximum absolute atomic E-state index is 12.8. The lowest BCUT2D eigenvalue weighted by molar-refractivity contribution is -0.137. The van der Waals surface area contributed by atoms with Gasteiger partial charge in [-0.2, -0.15) is 13.2 Å². The summed E-state index contributed by atoms with van der Waals surface area (Å²) < 4.78 is 43.0. The van der Waals surface area contributed by atoms with Gasteiger partial charge in [0.25, 0.3) is 0 Å². The number of carbonyl (C=O) groups is 1. The van der Waals surface area contributed by atoms with Crippen molar-refractivity contribution in [1.82, 2.24) is 0 Å². The van der Waals surface area contributed by atoms with Crippen molar-refractivity contribution in [1.29, 1.82) is 0 Å². The number of esters is 1. The van der Waals surface area contributed by atoms with Gasteiger partial charge >= 0.3 is 12.1 Å². The van der Waals surface area contributed by atoms with Crippen LogP contribution in [0.15, 0.2) is 52.3 Å². The van der Waals surface area contributed by atoms with E-state index < -0.39 is 17.7 Å². The van der Waals surface area contributed by atoms with E-state index in [2.05, 4.69) is 4.74 Å². The Morgan fingerprint density at radius 1 is 1.09 bits per heavy atom. The number of alkyl halides is 3. The minimum atomic E-state index is -4.50. The first-order valence-corrected chi connectivity index (χ1v) is 7.23. The molecule has 116 valence electrons. The molecule has 0 saturated heterocycles. The molecule has 0 aromatic heterocycles. The zero-order valence-electron chi connectivity index (χ0n) is 11.3. The molecule has 2 nitrogen and oxygen atoms in total. The van der Waals surface area contributed by atoms with Crippen molar-refractivity contribution in [2.45, 2.75) is 16.0 Å². The van der Waals surface area contributed by atoms with Crippen molar-refractivity contribution >= 4 is 29.3 Å². The van der Waals surface area contributed by atoms with Gasteiger partial charge in [0.1, 0.15) is 0 Å².